The third-order valence-corrected chi connectivity index (χ3v) is 7.92. The fourth-order valence-electron chi connectivity index (χ4n) is 2.98. The number of amides is 2. The summed E-state index contributed by atoms with van der Waals surface area (Å²) in [5.41, 5.74) is 0.727. The van der Waals surface area contributed by atoms with Crippen molar-refractivity contribution in [3.8, 4) is 0 Å². The number of hydrogen-bond acceptors (Lipinski definition) is 4. The van der Waals surface area contributed by atoms with E-state index in [1.54, 1.807) is 49.4 Å². The number of halogens is 5. The fourth-order valence-corrected chi connectivity index (χ4v) is 4.93. The number of aromatic carboxylic acids is 1. The topological polar surface area (TPSA) is 95.5 Å². The van der Waals surface area contributed by atoms with Crippen LogP contribution in [0.4, 0.5) is 11.4 Å². The van der Waals surface area contributed by atoms with Gasteiger partial charge in [0, 0.05) is 21.3 Å². The number of anilines is 2. The van der Waals surface area contributed by atoms with Crippen LogP contribution in [-0.2, 0) is 4.79 Å². The van der Waals surface area contributed by atoms with Crippen LogP contribution in [0.2, 0.25) is 25.1 Å². The molecule has 0 unspecified atom stereocenters. The quantitative estimate of drug-likeness (QED) is 0.147. The van der Waals surface area contributed by atoms with Gasteiger partial charge < -0.3 is 15.7 Å². The van der Waals surface area contributed by atoms with Crippen LogP contribution >= 0.6 is 69.8 Å². The second-order valence-electron chi connectivity index (χ2n) is 7.04. The van der Waals surface area contributed by atoms with Gasteiger partial charge in [-0.2, -0.15) is 0 Å². The summed E-state index contributed by atoms with van der Waals surface area (Å²) in [7, 11) is 0. The predicted molar refractivity (Wildman–Crippen MR) is 143 cm³/mol. The summed E-state index contributed by atoms with van der Waals surface area (Å²) in [4.78, 5) is 37.7. The normalized spacial score (nSPS) is 10.7. The van der Waals surface area contributed by atoms with E-state index in [9.17, 15) is 19.5 Å². The molecular weight excluding hydrogens is 578 g/mol. The number of carboxylic acid groups (broad SMARTS) is 1. The van der Waals surface area contributed by atoms with Crippen molar-refractivity contribution in [1.82, 2.24) is 0 Å². The number of hydrogen-bond donors (Lipinski definition) is 3. The maximum atomic E-state index is 12.9. The summed E-state index contributed by atoms with van der Waals surface area (Å²) in [6.45, 7) is 1.81. The lowest BCUT2D eigenvalue weighted by molar-refractivity contribution is -0.113. The van der Waals surface area contributed by atoms with E-state index in [0.29, 0.717) is 21.3 Å². The molecule has 3 aromatic carbocycles. The summed E-state index contributed by atoms with van der Waals surface area (Å²) < 4.78 is 0. The first-order valence-electron chi connectivity index (χ1n) is 9.69. The molecule has 35 heavy (non-hydrogen) atoms. The second kappa shape index (κ2) is 11.7. The van der Waals surface area contributed by atoms with Gasteiger partial charge in [-0.15, -0.1) is 11.8 Å². The molecule has 3 N–H and O–H groups in total. The molecule has 0 saturated heterocycles. The van der Waals surface area contributed by atoms with Crippen molar-refractivity contribution in [2.24, 2.45) is 0 Å². The molecule has 0 saturated carbocycles. The maximum absolute atomic E-state index is 12.9. The zero-order chi connectivity index (χ0) is 25.9. The fraction of sp³-hybridized carbons (Fsp3) is 0.0870. The van der Waals surface area contributed by atoms with Gasteiger partial charge in [0.05, 0.1) is 37.0 Å². The Bertz CT molecular complexity index is 1350. The van der Waals surface area contributed by atoms with E-state index in [4.69, 9.17) is 58.0 Å². The Morgan fingerprint density at radius 1 is 0.857 bits per heavy atom. The molecule has 0 aliphatic heterocycles. The molecule has 0 aromatic heterocycles. The van der Waals surface area contributed by atoms with Gasteiger partial charge in [-0.1, -0.05) is 70.1 Å². The van der Waals surface area contributed by atoms with E-state index in [2.05, 4.69) is 10.6 Å². The molecule has 0 aliphatic carbocycles. The third-order valence-electron chi connectivity index (χ3n) is 4.71. The Morgan fingerprint density at radius 2 is 1.49 bits per heavy atom. The van der Waals surface area contributed by atoms with Gasteiger partial charge in [0.15, 0.2) is 0 Å². The molecule has 0 aliphatic rings. The standard InChI is InChI=1S/C23H15Cl5N2O4S/c1-10-13(24)6-3-7-14(10)30-15(31)9-35-12-5-2-4-11(8-12)29-22(32)16-17(23(33)34)19(26)21(28)20(27)18(16)25/h2-8H,9H2,1H3,(H,29,32)(H,30,31)(H,33,34). The Hall–Kier alpha value is -2.13. The van der Waals surface area contributed by atoms with Crippen LogP contribution in [0.5, 0.6) is 0 Å². The van der Waals surface area contributed by atoms with Crippen LogP contribution < -0.4 is 10.6 Å². The van der Waals surface area contributed by atoms with Crippen LogP contribution in [0.1, 0.15) is 26.3 Å². The average molecular weight is 593 g/mol. The number of rotatable bonds is 7. The van der Waals surface area contributed by atoms with Gasteiger partial charge in [0.1, 0.15) is 0 Å². The van der Waals surface area contributed by atoms with Crippen molar-refractivity contribution in [3.05, 3.63) is 84.3 Å². The second-order valence-corrected chi connectivity index (χ2v) is 10.0. The maximum Gasteiger partial charge on any atom is 0.338 e. The predicted octanol–water partition coefficient (Wildman–Crippen LogP) is 7.94. The number of benzene rings is 3. The van der Waals surface area contributed by atoms with E-state index in [1.807, 2.05) is 0 Å². The van der Waals surface area contributed by atoms with E-state index < -0.39 is 28.0 Å². The number of carbonyl (C=O) groups excluding carboxylic acids is 2. The van der Waals surface area contributed by atoms with Crippen molar-refractivity contribution in [2.75, 3.05) is 16.4 Å². The highest BCUT2D eigenvalue weighted by Crippen LogP contribution is 2.42. The van der Waals surface area contributed by atoms with E-state index >= 15 is 0 Å². The number of thioether (sulfide) groups is 1. The first kappa shape index (κ1) is 27.5. The monoisotopic (exact) mass is 590 g/mol. The van der Waals surface area contributed by atoms with Crippen LogP contribution in [0.15, 0.2) is 47.4 Å². The zero-order valence-electron chi connectivity index (χ0n) is 17.7. The van der Waals surface area contributed by atoms with Crippen molar-refractivity contribution < 1.29 is 19.5 Å². The van der Waals surface area contributed by atoms with Gasteiger partial charge in [0.25, 0.3) is 5.91 Å². The lowest BCUT2D eigenvalue weighted by Gasteiger charge is -2.14. The van der Waals surface area contributed by atoms with Crippen molar-refractivity contribution in [2.45, 2.75) is 11.8 Å². The number of carbonyl (C=O) groups is 3. The van der Waals surface area contributed by atoms with Crippen LogP contribution in [0, 0.1) is 6.92 Å². The molecule has 0 bridgehead atoms. The Labute approximate surface area is 229 Å². The highest BCUT2D eigenvalue weighted by Gasteiger charge is 2.29. The van der Waals surface area contributed by atoms with Gasteiger partial charge in [-0.05, 0) is 42.8 Å². The number of carboxylic acids is 1. The molecule has 3 rings (SSSR count). The molecule has 182 valence electrons. The molecule has 2 amide bonds. The van der Waals surface area contributed by atoms with Crippen LogP contribution in [-0.4, -0.2) is 28.6 Å². The SMILES string of the molecule is Cc1c(Cl)cccc1NC(=O)CSc1cccc(NC(=O)c2c(Cl)c(Cl)c(Cl)c(Cl)c2C(=O)O)c1. The molecule has 0 atom stereocenters. The third kappa shape index (κ3) is 6.36. The summed E-state index contributed by atoms with van der Waals surface area (Å²) in [6, 6.07) is 11.9. The van der Waals surface area contributed by atoms with Gasteiger partial charge in [-0.25, -0.2) is 4.79 Å². The molecule has 0 radical (unpaired) electrons. The Kier molecular flexibility index (Phi) is 9.21. The lowest BCUT2D eigenvalue weighted by atomic mass is 10.1. The van der Waals surface area contributed by atoms with Crippen molar-refractivity contribution in [3.63, 3.8) is 0 Å². The smallest absolute Gasteiger partial charge is 0.338 e. The summed E-state index contributed by atoms with van der Waals surface area (Å²) in [5, 5.41) is 14.2. The largest absolute Gasteiger partial charge is 0.478 e. The van der Waals surface area contributed by atoms with E-state index in [-0.39, 0.29) is 26.7 Å². The highest BCUT2D eigenvalue weighted by atomic mass is 35.5. The number of nitrogens with one attached hydrogen (secondary N) is 2. The Morgan fingerprint density at radius 3 is 2.14 bits per heavy atom. The molecule has 0 spiro atoms. The minimum atomic E-state index is -1.49. The summed E-state index contributed by atoms with van der Waals surface area (Å²) in [6.07, 6.45) is 0. The minimum absolute atomic E-state index is 0.0980. The summed E-state index contributed by atoms with van der Waals surface area (Å²) in [5.74, 6) is -2.48. The van der Waals surface area contributed by atoms with E-state index in [1.165, 1.54) is 11.8 Å². The average Bonchev–Trinajstić information content (AvgIpc) is 2.81. The van der Waals surface area contributed by atoms with Gasteiger partial charge in [-0.3, -0.25) is 9.59 Å². The first-order chi connectivity index (χ1) is 16.5. The zero-order valence-corrected chi connectivity index (χ0v) is 22.3. The van der Waals surface area contributed by atoms with Crippen molar-refractivity contribution in [1.29, 1.82) is 0 Å². The molecule has 6 nitrogen and oxygen atoms in total. The molecule has 0 heterocycles. The first-order valence-corrected chi connectivity index (χ1v) is 12.6. The van der Waals surface area contributed by atoms with Crippen LogP contribution in [0.25, 0.3) is 0 Å². The van der Waals surface area contributed by atoms with Crippen molar-refractivity contribution >= 4 is 98.9 Å². The Balaban J connectivity index is 1.75. The highest BCUT2D eigenvalue weighted by molar-refractivity contribution is 8.00. The molecule has 12 heteroatoms. The van der Waals surface area contributed by atoms with Crippen LogP contribution in [0.3, 0.4) is 0 Å². The molecule has 0 fully saturated rings. The van der Waals surface area contributed by atoms with E-state index in [0.717, 1.165) is 5.56 Å². The molecular formula is C23H15Cl5N2O4S. The lowest BCUT2D eigenvalue weighted by Crippen LogP contribution is -2.18. The molecule has 3 aromatic rings. The van der Waals surface area contributed by atoms with Gasteiger partial charge in [0.2, 0.25) is 5.91 Å². The summed E-state index contributed by atoms with van der Waals surface area (Å²) >= 11 is 31.4. The van der Waals surface area contributed by atoms with Gasteiger partial charge >= 0.3 is 5.97 Å². The minimum Gasteiger partial charge on any atom is -0.478 e.